The molecule has 15 heavy (non-hydrogen) atoms. The lowest BCUT2D eigenvalue weighted by molar-refractivity contribution is 0.0123. The minimum absolute atomic E-state index is 0.173. The molecule has 0 bridgehead atoms. The number of hydrogen-bond donors (Lipinski definition) is 1. The summed E-state index contributed by atoms with van der Waals surface area (Å²) in [6, 6.07) is 2.21. The van der Waals surface area contributed by atoms with E-state index >= 15 is 0 Å². The molecule has 1 fully saturated rings. The van der Waals surface area contributed by atoms with Gasteiger partial charge in [0.2, 0.25) is 0 Å². The van der Waals surface area contributed by atoms with Gasteiger partial charge in [-0.05, 0) is 44.2 Å². The molecule has 0 amide bonds. The average Bonchev–Trinajstić information content (AvgIpc) is 2.80. The molecule has 1 aromatic rings. The zero-order valence-corrected chi connectivity index (χ0v) is 10.1. The van der Waals surface area contributed by atoms with E-state index in [1.165, 1.54) is 53.8 Å². The summed E-state index contributed by atoms with van der Waals surface area (Å²) < 4.78 is 0. The van der Waals surface area contributed by atoms with Crippen LogP contribution in [0.5, 0.6) is 0 Å². The van der Waals surface area contributed by atoms with Gasteiger partial charge in [0.1, 0.15) is 0 Å². The Morgan fingerprint density at radius 3 is 2.80 bits per heavy atom. The Morgan fingerprint density at radius 2 is 2.07 bits per heavy atom. The van der Waals surface area contributed by atoms with Gasteiger partial charge in [0.15, 0.2) is 0 Å². The van der Waals surface area contributed by atoms with Crippen molar-refractivity contribution in [1.82, 2.24) is 0 Å². The van der Waals surface area contributed by atoms with Crippen LogP contribution >= 0.6 is 11.3 Å². The molecule has 0 aromatic carbocycles. The summed E-state index contributed by atoms with van der Waals surface area (Å²) in [5.74, 6) is 0. The molecule has 1 saturated carbocycles. The molecule has 1 nitrogen and oxygen atoms in total. The van der Waals surface area contributed by atoms with E-state index in [1.54, 1.807) is 0 Å². The predicted octanol–water partition coefficient (Wildman–Crippen LogP) is 3.60. The van der Waals surface area contributed by atoms with Crippen LogP contribution in [0.4, 0.5) is 0 Å². The molecule has 1 spiro atoms. The van der Waals surface area contributed by atoms with Crippen LogP contribution in [-0.2, 0) is 6.42 Å². The van der Waals surface area contributed by atoms with Crippen molar-refractivity contribution in [3.63, 3.8) is 0 Å². The third-order valence-electron chi connectivity index (χ3n) is 4.29. The van der Waals surface area contributed by atoms with Crippen molar-refractivity contribution >= 4 is 11.3 Å². The Bertz CT molecular complexity index is 374. The molecule has 3 rings (SSSR count). The predicted molar refractivity (Wildman–Crippen MR) is 63.2 cm³/mol. The van der Waals surface area contributed by atoms with Crippen molar-refractivity contribution in [2.75, 3.05) is 0 Å². The van der Waals surface area contributed by atoms with Crippen LogP contribution in [0.3, 0.4) is 0 Å². The quantitative estimate of drug-likeness (QED) is 0.711. The summed E-state index contributed by atoms with van der Waals surface area (Å²) >= 11 is 1.88. The maximum atomic E-state index is 10.5. The fourth-order valence-electron chi connectivity index (χ4n) is 3.44. The highest BCUT2D eigenvalue weighted by Gasteiger charge is 2.44. The zero-order valence-electron chi connectivity index (χ0n) is 9.25. The van der Waals surface area contributed by atoms with Crippen LogP contribution < -0.4 is 0 Å². The molecule has 2 aliphatic carbocycles. The molecule has 2 heteroatoms. The first-order chi connectivity index (χ1) is 7.21. The lowest BCUT2D eigenvalue weighted by Gasteiger charge is -2.38. The van der Waals surface area contributed by atoms with Crippen molar-refractivity contribution in [2.45, 2.75) is 51.6 Å². The standard InChI is InChI=1S/C13H18OS/c1-9-8-10-11(15-9)4-7-13(12(10)14)5-2-3-6-13/h8,12,14H,2-7H2,1H3. The Morgan fingerprint density at radius 1 is 1.33 bits per heavy atom. The highest BCUT2D eigenvalue weighted by molar-refractivity contribution is 7.12. The van der Waals surface area contributed by atoms with Crippen LogP contribution in [0.2, 0.25) is 0 Å². The van der Waals surface area contributed by atoms with E-state index in [4.69, 9.17) is 0 Å². The summed E-state index contributed by atoms with van der Waals surface area (Å²) in [7, 11) is 0. The first kappa shape index (κ1) is 9.86. The fraction of sp³-hybridized carbons (Fsp3) is 0.692. The number of thiophene rings is 1. The SMILES string of the molecule is Cc1cc2c(s1)CCC1(CCCC1)C2O. The Kier molecular flexibility index (Phi) is 2.18. The number of fused-ring (bicyclic) bond motifs is 1. The highest BCUT2D eigenvalue weighted by Crippen LogP contribution is 2.55. The van der Waals surface area contributed by atoms with Crippen molar-refractivity contribution in [3.05, 3.63) is 21.4 Å². The van der Waals surface area contributed by atoms with Gasteiger partial charge in [0.25, 0.3) is 0 Å². The number of aliphatic hydroxyl groups is 1. The molecule has 1 unspecified atom stereocenters. The van der Waals surface area contributed by atoms with Gasteiger partial charge < -0.3 is 5.11 Å². The molecule has 0 saturated heterocycles. The van der Waals surface area contributed by atoms with E-state index in [0.717, 1.165) is 0 Å². The molecule has 0 radical (unpaired) electrons. The maximum Gasteiger partial charge on any atom is 0.0857 e. The normalized spacial score (nSPS) is 28.3. The Hall–Kier alpha value is -0.340. The van der Waals surface area contributed by atoms with E-state index in [2.05, 4.69) is 13.0 Å². The lowest BCUT2D eigenvalue weighted by atomic mass is 9.70. The summed E-state index contributed by atoms with van der Waals surface area (Å²) in [5.41, 5.74) is 1.51. The van der Waals surface area contributed by atoms with E-state index in [9.17, 15) is 5.11 Å². The van der Waals surface area contributed by atoms with Gasteiger partial charge in [-0.3, -0.25) is 0 Å². The van der Waals surface area contributed by atoms with Crippen molar-refractivity contribution < 1.29 is 5.11 Å². The molecule has 2 aliphatic rings. The average molecular weight is 222 g/mol. The monoisotopic (exact) mass is 222 g/mol. The van der Waals surface area contributed by atoms with Gasteiger partial charge in [-0.2, -0.15) is 0 Å². The summed E-state index contributed by atoms with van der Waals surface area (Å²) in [5, 5.41) is 10.5. The van der Waals surface area contributed by atoms with Gasteiger partial charge in [0, 0.05) is 15.2 Å². The van der Waals surface area contributed by atoms with Gasteiger partial charge in [0.05, 0.1) is 6.10 Å². The molecular weight excluding hydrogens is 204 g/mol. The molecule has 1 aromatic heterocycles. The Balaban J connectivity index is 2.01. The zero-order chi connectivity index (χ0) is 10.5. The third kappa shape index (κ3) is 1.38. The minimum atomic E-state index is -0.173. The second-order valence-electron chi connectivity index (χ2n) is 5.21. The first-order valence-corrected chi connectivity index (χ1v) is 6.80. The van der Waals surface area contributed by atoms with E-state index in [1.807, 2.05) is 11.3 Å². The second-order valence-corrected chi connectivity index (χ2v) is 6.55. The van der Waals surface area contributed by atoms with Crippen LogP contribution in [0.15, 0.2) is 6.07 Å². The molecule has 82 valence electrons. The third-order valence-corrected chi connectivity index (χ3v) is 5.41. The second kappa shape index (κ2) is 3.33. The number of aryl methyl sites for hydroxylation is 2. The molecule has 0 aliphatic heterocycles. The van der Waals surface area contributed by atoms with E-state index < -0.39 is 0 Å². The molecular formula is C13H18OS. The van der Waals surface area contributed by atoms with Crippen molar-refractivity contribution in [2.24, 2.45) is 5.41 Å². The highest BCUT2D eigenvalue weighted by atomic mass is 32.1. The molecule has 1 atom stereocenters. The first-order valence-electron chi connectivity index (χ1n) is 5.99. The summed E-state index contributed by atoms with van der Waals surface area (Å²) in [4.78, 5) is 2.80. The van der Waals surface area contributed by atoms with Gasteiger partial charge in [-0.15, -0.1) is 11.3 Å². The van der Waals surface area contributed by atoms with E-state index in [0.29, 0.717) is 0 Å². The summed E-state index contributed by atoms with van der Waals surface area (Å²) in [6.07, 6.45) is 7.34. The van der Waals surface area contributed by atoms with Crippen LogP contribution in [0.25, 0.3) is 0 Å². The van der Waals surface area contributed by atoms with E-state index in [-0.39, 0.29) is 11.5 Å². The van der Waals surface area contributed by atoms with Gasteiger partial charge in [-0.1, -0.05) is 12.8 Å². The molecule has 1 N–H and O–H groups in total. The number of hydrogen-bond acceptors (Lipinski definition) is 2. The molecule has 1 heterocycles. The lowest BCUT2D eigenvalue weighted by Crippen LogP contribution is -2.30. The topological polar surface area (TPSA) is 20.2 Å². The maximum absolute atomic E-state index is 10.5. The number of rotatable bonds is 0. The van der Waals surface area contributed by atoms with Crippen LogP contribution in [-0.4, -0.2) is 5.11 Å². The summed E-state index contributed by atoms with van der Waals surface area (Å²) in [6.45, 7) is 2.15. The fourth-order valence-corrected chi connectivity index (χ4v) is 4.51. The van der Waals surface area contributed by atoms with Crippen molar-refractivity contribution in [3.8, 4) is 0 Å². The van der Waals surface area contributed by atoms with Crippen LogP contribution in [0, 0.1) is 12.3 Å². The largest absolute Gasteiger partial charge is 0.388 e. The van der Waals surface area contributed by atoms with Crippen LogP contribution in [0.1, 0.15) is 53.5 Å². The smallest absolute Gasteiger partial charge is 0.0857 e. The van der Waals surface area contributed by atoms with Gasteiger partial charge in [-0.25, -0.2) is 0 Å². The number of aliphatic hydroxyl groups excluding tert-OH is 1. The van der Waals surface area contributed by atoms with Gasteiger partial charge >= 0.3 is 0 Å². The van der Waals surface area contributed by atoms with Crippen molar-refractivity contribution in [1.29, 1.82) is 0 Å². The minimum Gasteiger partial charge on any atom is -0.388 e. The Labute approximate surface area is 95.1 Å².